The number of hydrogen-bond acceptors (Lipinski definition) is 4. The lowest BCUT2D eigenvalue weighted by Crippen LogP contribution is -2.38. The minimum atomic E-state index is 0.107. The van der Waals surface area contributed by atoms with Gasteiger partial charge in [0.1, 0.15) is 12.4 Å². The Morgan fingerprint density at radius 3 is 2.38 bits per heavy atom. The molecule has 0 aliphatic carbocycles. The zero-order valence-electron chi connectivity index (χ0n) is 14.8. The van der Waals surface area contributed by atoms with E-state index in [0.717, 1.165) is 24.4 Å². The fourth-order valence-corrected chi connectivity index (χ4v) is 2.88. The molecule has 1 amide bonds. The Labute approximate surface area is 145 Å². The number of ether oxygens (including phenoxy) is 2. The quantitative estimate of drug-likeness (QED) is 0.743. The minimum Gasteiger partial charge on any atom is -0.491 e. The van der Waals surface area contributed by atoms with Crippen molar-refractivity contribution in [2.24, 2.45) is 0 Å². The number of likely N-dealkylation sites (tertiary alicyclic amines) is 1. The van der Waals surface area contributed by atoms with Crippen molar-refractivity contribution < 1.29 is 14.3 Å². The molecule has 1 N–H and O–H groups in total. The third-order valence-corrected chi connectivity index (χ3v) is 4.29. The highest BCUT2D eigenvalue weighted by atomic mass is 16.5. The summed E-state index contributed by atoms with van der Waals surface area (Å²) in [7, 11) is 1.66. The highest BCUT2D eigenvalue weighted by Gasteiger charge is 2.12. The van der Waals surface area contributed by atoms with E-state index in [2.05, 4.69) is 10.2 Å². The Bertz CT molecular complexity index is 468. The lowest BCUT2D eigenvalue weighted by molar-refractivity contribution is -0.122. The number of amides is 1. The van der Waals surface area contributed by atoms with E-state index in [1.54, 1.807) is 7.11 Å². The molecule has 24 heavy (non-hydrogen) atoms. The van der Waals surface area contributed by atoms with E-state index in [4.69, 9.17) is 9.47 Å². The van der Waals surface area contributed by atoms with Crippen LogP contribution in [0.1, 0.15) is 37.7 Å². The predicted octanol–water partition coefficient (Wildman–Crippen LogP) is 2.59. The molecule has 0 spiro atoms. The van der Waals surface area contributed by atoms with Gasteiger partial charge in [0.2, 0.25) is 5.91 Å². The maximum Gasteiger partial charge on any atom is 0.234 e. The second-order valence-electron chi connectivity index (χ2n) is 6.31. The van der Waals surface area contributed by atoms with E-state index >= 15 is 0 Å². The van der Waals surface area contributed by atoms with Crippen LogP contribution in [0.4, 0.5) is 0 Å². The smallest absolute Gasteiger partial charge is 0.234 e. The molecule has 1 fully saturated rings. The fourth-order valence-electron chi connectivity index (χ4n) is 2.88. The number of carbonyl (C=O) groups excluding carboxylic acids is 1. The van der Waals surface area contributed by atoms with Crippen LogP contribution in [0.3, 0.4) is 0 Å². The number of carbonyl (C=O) groups is 1. The molecular formula is C19H30N2O3. The van der Waals surface area contributed by atoms with Crippen LogP contribution in [0.15, 0.2) is 24.3 Å². The molecule has 0 saturated carbocycles. The lowest BCUT2D eigenvalue weighted by Gasteiger charge is -2.23. The third kappa shape index (κ3) is 7.32. The summed E-state index contributed by atoms with van der Waals surface area (Å²) < 4.78 is 10.5. The van der Waals surface area contributed by atoms with Gasteiger partial charge in [0.05, 0.1) is 13.2 Å². The van der Waals surface area contributed by atoms with Crippen molar-refractivity contribution in [3.63, 3.8) is 0 Å². The Balaban J connectivity index is 1.68. The number of rotatable bonds is 8. The average Bonchev–Trinajstić information content (AvgIpc) is 2.57. The van der Waals surface area contributed by atoms with Crippen LogP contribution < -0.4 is 10.1 Å². The predicted molar refractivity (Wildman–Crippen MR) is 95.2 cm³/mol. The van der Waals surface area contributed by atoms with Crippen molar-refractivity contribution in [3.05, 3.63) is 29.8 Å². The van der Waals surface area contributed by atoms with E-state index in [0.29, 0.717) is 26.3 Å². The standard InChI is InChI=1S/C19H30N2O3/c1-23-13-14-24-18-9-7-17(8-10-18)15-20-19(22)16-21-11-5-3-2-4-6-12-21/h7-10H,2-6,11-16H2,1H3,(H,20,22). The molecule has 5 heteroatoms. The van der Waals surface area contributed by atoms with Gasteiger partial charge in [0.15, 0.2) is 0 Å². The highest BCUT2D eigenvalue weighted by molar-refractivity contribution is 5.78. The minimum absolute atomic E-state index is 0.107. The van der Waals surface area contributed by atoms with E-state index in [9.17, 15) is 4.79 Å². The molecule has 1 aliphatic rings. The van der Waals surface area contributed by atoms with Gasteiger partial charge in [0.25, 0.3) is 0 Å². The first-order valence-electron chi connectivity index (χ1n) is 8.97. The first kappa shape index (κ1) is 18.7. The number of nitrogens with zero attached hydrogens (tertiary/aromatic N) is 1. The normalized spacial score (nSPS) is 16.2. The zero-order valence-corrected chi connectivity index (χ0v) is 14.8. The summed E-state index contributed by atoms with van der Waals surface area (Å²) in [6.07, 6.45) is 6.33. The van der Waals surface area contributed by atoms with Gasteiger partial charge in [-0.1, -0.05) is 31.4 Å². The second-order valence-corrected chi connectivity index (χ2v) is 6.31. The van der Waals surface area contributed by atoms with Crippen LogP contribution >= 0.6 is 0 Å². The summed E-state index contributed by atoms with van der Waals surface area (Å²) in [5.74, 6) is 0.929. The summed E-state index contributed by atoms with van der Waals surface area (Å²) in [6, 6.07) is 7.82. The summed E-state index contributed by atoms with van der Waals surface area (Å²) in [5.41, 5.74) is 1.08. The van der Waals surface area contributed by atoms with Gasteiger partial charge in [0, 0.05) is 13.7 Å². The molecule has 1 saturated heterocycles. The first-order valence-corrected chi connectivity index (χ1v) is 8.97. The molecule has 1 aromatic carbocycles. The number of benzene rings is 1. The summed E-state index contributed by atoms with van der Waals surface area (Å²) in [4.78, 5) is 14.4. The SMILES string of the molecule is COCCOc1ccc(CNC(=O)CN2CCCCCCC2)cc1. The van der Waals surface area contributed by atoms with Crippen molar-refractivity contribution in [2.45, 2.75) is 38.6 Å². The molecule has 134 valence electrons. The van der Waals surface area contributed by atoms with Crippen molar-refractivity contribution in [2.75, 3.05) is 40.0 Å². The van der Waals surface area contributed by atoms with Gasteiger partial charge in [-0.15, -0.1) is 0 Å². The largest absolute Gasteiger partial charge is 0.491 e. The van der Waals surface area contributed by atoms with Gasteiger partial charge in [-0.05, 0) is 43.6 Å². The molecule has 0 atom stereocenters. The van der Waals surface area contributed by atoms with Crippen LogP contribution in [-0.2, 0) is 16.1 Å². The van der Waals surface area contributed by atoms with Gasteiger partial charge in [-0.2, -0.15) is 0 Å². The van der Waals surface area contributed by atoms with E-state index < -0.39 is 0 Å². The van der Waals surface area contributed by atoms with Crippen molar-refractivity contribution in [1.82, 2.24) is 10.2 Å². The second kappa shape index (κ2) is 11.0. The van der Waals surface area contributed by atoms with Crippen LogP contribution in [0.5, 0.6) is 5.75 Å². The van der Waals surface area contributed by atoms with Crippen molar-refractivity contribution in [3.8, 4) is 5.75 Å². The molecule has 5 nitrogen and oxygen atoms in total. The van der Waals surface area contributed by atoms with Crippen LogP contribution in [-0.4, -0.2) is 50.8 Å². The Morgan fingerprint density at radius 2 is 1.71 bits per heavy atom. The Kier molecular flexibility index (Phi) is 8.63. The molecule has 2 rings (SSSR count). The molecule has 1 aliphatic heterocycles. The summed E-state index contributed by atoms with van der Waals surface area (Å²) in [6.45, 7) is 4.28. The first-order chi connectivity index (χ1) is 11.8. The molecule has 1 aromatic rings. The Hall–Kier alpha value is -1.59. The molecule has 0 bridgehead atoms. The average molecular weight is 334 g/mol. The molecule has 0 radical (unpaired) electrons. The van der Waals surface area contributed by atoms with E-state index in [1.807, 2.05) is 24.3 Å². The highest BCUT2D eigenvalue weighted by Crippen LogP contribution is 2.12. The lowest BCUT2D eigenvalue weighted by atomic mass is 10.1. The molecular weight excluding hydrogens is 304 g/mol. The maximum absolute atomic E-state index is 12.1. The van der Waals surface area contributed by atoms with Crippen LogP contribution in [0.2, 0.25) is 0 Å². The van der Waals surface area contributed by atoms with Gasteiger partial charge < -0.3 is 14.8 Å². The number of hydrogen-bond donors (Lipinski definition) is 1. The maximum atomic E-state index is 12.1. The number of methoxy groups -OCH3 is 1. The zero-order chi connectivity index (χ0) is 17.0. The monoisotopic (exact) mass is 334 g/mol. The van der Waals surface area contributed by atoms with Crippen LogP contribution in [0, 0.1) is 0 Å². The number of nitrogens with one attached hydrogen (secondary N) is 1. The molecule has 0 unspecified atom stereocenters. The Morgan fingerprint density at radius 1 is 1.04 bits per heavy atom. The van der Waals surface area contributed by atoms with E-state index in [-0.39, 0.29) is 5.91 Å². The fraction of sp³-hybridized carbons (Fsp3) is 0.632. The van der Waals surface area contributed by atoms with Crippen molar-refractivity contribution in [1.29, 1.82) is 0 Å². The van der Waals surface area contributed by atoms with Gasteiger partial charge >= 0.3 is 0 Å². The van der Waals surface area contributed by atoms with Crippen molar-refractivity contribution >= 4 is 5.91 Å². The molecule has 1 heterocycles. The topological polar surface area (TPSA) is 50.8 Å². The van der Waals surface area contributed by atoms with E-state index in [1.165, 1.54) is 32.1 Å². The van der Waals surface area contributed by atoms with Crippen LogP contribution in [0.25, 0.3) is 0 Å². The van der Waals surface area contributed by atoms with Gasteiger partial charge in [-0.25, -0.2) is 0 Å². The third-order valence-electron chi connectivity index (χ3n) is 4.29. The van der Waals surface area contributed by atoms with Gasteiger partial charge in [-0.3, -0.25) is 9.69 Å². The molecule has 0 aromatic heterocycles. The summed E-state index contributed by atoms with van der Waals surface area (Å²) in [5, 5.41) is 3.01. The summed E-state index contributed by atoms with van der Waals surface area (Å²) >= 11 is 0.